The van der Waals surface area contributed by atoms with Gasteiger partial charge in [-0.05, 0) is 24.2 Å². The molecule has 2 heterocycles. The molecule has 1 atom stereocenters. The van der Waals surface area contributed by atoms with Gasteiger partial charge in [0.05, 0.1) is 12.2 Å². The highest BCUT2D eigenvalue weighted by atomic mass is 32.2. The highest BCUT2D eigenvalue weighted by Gasteiger charge is 2.17. The second-order valence-electron chi connectivity index (χ2n) is 3.20. The van der Waals surface area contributed by atoms with E-state index in [9.17, 15) is 0 Å². The summed E-state index contributed by atoms with van der Waals surface area (Å²) in [4.78, 5) is 0. The molecular weight excluding hydrogens is 168 g/mol. The van der Waals surface area contributed by atoms with Crippen LogP contribution in [0, 0.1) is 0 Å². The van der Waals surface area contributed by atoms with Gasteiger partial charge in [0.25, 0.3) is 0 Å². The van der Waals surface area contributed by atoms with Crippen LogP contribution in [0.3, 0.4) is 0 Å². The summed E-state index contributed by atoms with van der Waals surface area (Å²) >= 11 is 2.03. The maximum absolute atomic E-state index is 4.37. The van der Waals surface area contributed by atoms with E-state index < -0.39 is 0 Å². The number of thioether (sulfide) groups is 1. The molecule has 2 rings (SSSR count). The van der Waals surface area contributed by atoms with Crippen molar-refractivity contribution in [3.05, 3.63) is 18.0 Å². The third-order valence-electron chi connectivity index (χ3n) is 2.34. The lowest BCUT2D eigenvalue weighted by Gasteiger charge is -2.07. The van der Waals surface area contributed by atoms with Crippen LogP contribution in [0.2, 0.25) is 0 Å². The molecule has 1 unspecified atom stereocenters. The minimum Gasteiger partial charge on any atom is -0.269 e. The van der Waals surface area contributed by atoms with Crippen LogP contribution < -0.4 is 0 Å². The van der Waals surface area contributed by atoms with Crippen molar-refractivity contribution in [1.82, 2.24) is 9.78 Å². The summed E-state index contributed by atoms with van der Waals surface area (Å²) in [6, 6.07) is 0.662. The fraction of sp³-hybridized carbons (Fsp3) is 0.667. The van der Waals surface area contributed by atoms with Crippen LogP contribution in [0.25, 0.3) is 0 Å². The van der Waals surface area contributed by atoms with Gasteiger partial charge in [-0.2, -0.15) is 16.9 Å². The van der Waals surface area contributed by atoms with Gasteiger partial charge in [-0.3, -0.25) is 4.68 Å². The maximum Gasteiger partial charge on any atom is 0.0617 e. The standard InChI is InChI=1S/C9H14N2S/c1-2-8-5-10-11(6-8)9-3-4-12-7-9/h5-6,9H,2-4,7H2,1H3. The zero-order valence-corrected chi connectivity index (χ0v) is 8.18. The first-order valence-electron chi connectivity index (χ1n) is 4.51. The SMILES string of the molecule is CCc1cnn(C2CCSC2)c1. The van der Waals surface area contributed by atoms with Crippen molar-refractivity contribution in [1.29, 1.82) is 0 Å². The van der Waals surface area contributed by atoms with Crippen molar-refractivity contribution in [3.63, 3.8) is 0 Å². The van der Waals surface area contributed by atoms with Gasteiger partial charge in [0.2, 0.25) is 0 Å². The molecule has 0 N–H and O–H groups in total. The van der Waals surface area contributed by atoms with E-state index in [1.54, 1.807) is 0 Å². The van der Waals surface area contributed by atoms with Gasteiger partial charge < -0.3 is 0 Å². The summed E-state index contributed by atoms with van der Waals surface area (Å²) in [5.41, 5.74) is 1.35. The Labute approximate surface area is 77.3 Å². The average molecular weight is 182 g/mol. The number of aromatic nitrogens is 2. The van der Waals surface area contributed by atoms with Gasteiger partial charge in [0.1, 0.15) is 0 Å². The molecule has 0 aliphatic carbocycles. The Hall–Kier alpha value is -0.440. The van der Waals surface area contributed by atoms with E-state index >= 15 is 0 Å². The molecule has 0 amide bonds. The van der Waals surface area contributed by atoms with E-state index in [-0.39, 0.29) is 0 Å². The smallest absolute Gasteiger partial charge is 0.0617 e. The molecule has 3 heteroatoms. The van der Waals surface area contributed by atoms with Crippen molar-refractivity contribution >= 4 is 11.8 Å². The Bertz CT molecular complexity index is 251. The number of rotatable bonds is 2. The molecule has 1 saturated heterocycles. The highest BCUT2D eigenvalue weighted by molar-refractivity contribution is 7.99. The molecule has 1 fully saturated rings. The Balaban J connectivity index is 2.11. The molecular formula is C9H14N2S. The largest absolute Gasteiger partial charge is 0.269 e. The Morgan fingerprint density at radius 2 is 2.67 bits per heavy atom. The summed E-state index contributed by atoms with van der Waals surface area (Å²) in [6.07, 6.45) is 6.56. The van der Waals surface area contributed by atoms with Crippen LogP contribution in [0.4, 0.5) is 0 Å². The predicted molar refractivity (Wildman–Crippen MR) is 52.6 cm³/mol. The van der Waals surface area contributed by atoms with Gasteiger partial charge in [-0.1, -0.05) is 6.92 Å². The van der Waals surface area contributed by atoms with E-state index in [1.165, 1.54) is 23.5 Å². The number of hydrogen-bond acceptors (Lipinski definition) is 2. The van der Waals surface area contributed by atoms with E-state index in [0.717, 1.165) is 6.42 Å². The molecule has 0 bridgehead atoms. The minimum absolute atomic E-state index is 0.662. The number of aryl methyl sites for hydroxylation is 1. The summed E-state index contributed by atoms with van der Waals surface area (Å²) in [5, 5.41) is 4.37. The van der Waals surface area contributed by atoms with E-state index in [2.05, 4.69) is 22.9 Å². The first kappa shape index (κ1) is 8.17. The molecule has 1 aliphatic rings. The molecule has 0 spiro atoms. The van der Waals surface area contributed by atoms with Crippen LogP contribution in [-0.4, -0.2) is 21.3 Å². The minimum atomic E-state index is 0.662. The van der Waals surface area contributed by atoms with Crippen molar-refractivity contribution < 1.29 is 0 Å². The topological polar surface area (TPSA) is 17.8 Å². The number of nitrogens with zero attached hydrogens (tertiary/aromatic N) is 2. The van der Waals surface area contributed by atoms with Crippen LogP contribution in [0.1, 0.15) is 24.9 Å². The molecule has 0 aromatic carbocycles. The third kappa shape index (κ3) is 1.51. The van der Waals surface area contributed by atoms with Gasteiger partial charge in [0.15, 0.2) is 0 Å². The van der Waals surface area contributed by atoms with Crippen LogP contribution in [-0.2, 0) is 6.42 Å². The molecule has 1 aliphatic heterocycles. The van der Waals surface area contributed by atoms with E-state index in [1.807, 2.05) is 18.0 Å². The molecule has 0 radical (unpaired) electrons. The monoisotopic (exact) mass is 182 g/mol. The van der Waals surface area contributed by atoms with Crippen LogP contribution in [0.5, 0.6) is 0 Å². The first-order valence-corrected chi connectivity index (χ1v) is 5.66. The van der Waals surface area contributed by atoms with Crippen molar-refractivity contribution in [3.8, 4) is 0 Å². The molecule has 1 aromatic rings. The molecule has 66 valence electrons. The van der Waals surface area contributed by atoms with E-state index in [0.29, 0.717) is 6.04 Å². The maximum atomic E-state index is 4.37. The van der Waals surface area contributed by atoms with Crippen molar-refractivity contribution in [2.75, 3.05) is 11.5 Å². The van der Waals surface area contributed by atoms with E-state index in [4.69, 9.17) is 0 Å². The summed E-state index contributed by atoms with van der Waals surface area (Å²) < 4.78 is 2.14. The molecule has 1 aromatic heterocycles. The van der Waals surface area contributed by atoms with Crippen molar-refractivity contribution in [2.24, 2.45) is 0 Å². The predicted octanol–water partition coefficient (Wildman–Crippen LogP) is 2.12. The van der Waals surface area contributed by atoms with Gasteiger partial charge in [0, 0.05) is 11.9 Å². The molecule has 0 saturated carbocycles. The summed E-state index contributed by atoms with van der Waals surface area (Å²) in [6.45, 7) is 2.17. The van der Waals surface area contributed by atoms with Gasteiger partial charge in [-0.15, -0.1) is 0 Å². The third-order valence-corrected chi connectivity index (χ3v) is 3.49. The summed E-state index contributed by atoms with van der Waals surface area (Å²) in [7, 11) is 0. The number of hydrogen-bond donors (Lipinski definition) is 0. The molecule has 2 nitrogen and oxygen atoms in total. The van der Waals surface area contributed by atoms with Crippen LogP contribution in [0.15, 0.2) is 12.4 Å². The lowest BCUT2D eigenvalue weighted by Crippen LogP contribution is -2.07. The quantitative estimate of drug-likeness (QED) is 0.697. The normalized spacial score (nSPS) is 23.2. The van der Waals surface area contributed by atoms with Gasteiger partial charge in [-0.25, -0.2) is 0 Å². The average Bonchev–Trinajstić information content (AvgIpc) is 2.75. The lowest BCUT2D eigenvalue weighted by atomic mass is 10.2. The zero-order chi connectivity index (χ0) is 8.39. The molecule has 12 heavy (non-hydrogen) atoms. The Morgan fingerprint density at radius 3 is 3.25 bits per heavy atom. The second kappa shape index (κ2) is 3.52. The highest BCUT2D eigenvalue weighted by Crippen LogP contribution is 2.27. The van der Waals surface area contributed by atoms with Gasteiger partial charge >= 0.3 is 0 Å². The Morgan fingerprint density at radius 1 is 1.75 bits per heavy atom. The fourth-order valence-electron chi connectivity index (χ4n) is 1.49. The zero-order valence-electron chi connectivity index (χ0n) is 7.36. The lowest BCUT2D eigenvalue weighted by molar-refractivity contribution is 0.501. The fourth-order valence-corrected chi connectivity index (χ4v) is 2.69. The van der Waals surface area contributed by atoms with Crippen LogP contribution >= 0.6 is 11.8 Å². The second-order valence-corrected chi connectivity index (χ2v) is 4.35. The van der Waals surface area contributed by atoms with Crippen molar-refractivity contribution in [2.45, 2.75) is 25.8 Å². The Kier molecular flexibility index (Phi) is 2.40. The first-order chi connectivity index (χ1) is 5.90. The summed E-state index contributed by atoms with van der Waals surface area (Å²) in [5.74, 6) is 2.54.